The maximum atomic E-state index is 11.1. The predicted molar refractivity (Wildman–Crippen MR) is 74.7 cm³/mol. The van der Waals surface area contributed by atoms with Gasteiger partial charge in [-0.25, -0.2) is 0 Å². The van der Waals surface area contributed by atoms with E-state index in [0.29, 0.717) is 36.8 Å². The van der Waals surface area contributed by atoms with Crippen molar-refractivity contribution in [3.8, 4) is 0 Å². The zero-order chi connectivity index (χ0) is 14.5. The molecule has 0 aliphatic heterocycles. The fraction of sp³-hybridized carbons (Fsp3) is 0.364. The number of hydrogen-bond acceptors (Lipinski definition) is 6. The van der Waals surface area contributed by atoms with Crippen molar-refractivity contribution in [2.24, 2.45) is 5.73 Å². The summed E-state index contributed by atoms with van der Waals surface area (Å²) in [5.74, 6) is 0.337. The third-order valence-electron chi connectivity index (χ3n) is 2.52. The molecular formula is C11H15N5O3Se. The number of anilines is 1. The van der Waals surface area contributed by atoms with Crippen molar-refractivity contribution in [1.29, 1.82) is 0 Å². The van der Waals surface area contributed by atoms with E-state index in [1.165, 1.54) is 6.33 Å². The van der Waals surface area contributed by atoms with Crippen molar-refractivity contribution in [3.05, 3.63) is 12.5 Å². The van der Waals surface area contributed by atoms with Crippen LogP contribution in [0.1, 0.15) is 0 Å². The Morgan fingerprint density at radius 3 is 2.95 bits per heavy atom. The van der Waals surface area contributed by atoms with Crippen LogP contribution in [0.25, 0.3) is 11.0 Å². The molecule has 0 aliphatic carbocycles. The molecule has 2 heterocycles. The van der Waals surface area contributed by atoms with Gasteiger partial charge in [-0.05, 0) is 0 Å². The van der Waals surface area contributed by atoms with Crippen molar-refractivity contribution < 1.29 is 14.3 Å². The Labute approximate surface area is 121 Å². The molecule has 0 bridgehead atoms. The summed E-state index contributed by atoms with van der Waals surface area (Å²) in [6.07, 6.45) is 3.16. The number of primary amides is 1. The molecule has 20 heavy (non-hydrogen) atoms. The van der Waals surface area contributed by atoms with Crippen molar-refractivity contribution in [2.75, 3.05) is 26.1 Å². The number of carbonyl (C=O) groups is 1. The SMILES string of the molecule is COCCOCn1cc([Se]C(N)=O)c2c(N)ncnc21. The van der Waals surface area contributed by atoms with Crippen molar-refractivity contribution in [2.45, 2.75) is 6.73 Å². The third kappa shape index (κ3) is 3.26. The standard InChI is InChI=1S/C11H15N5O3Se/c1-18-2-3-19-6-16-4-7(20-11(13)17)8-9(12)14-5-15-10(8)16/h4-5H,2-3,6H2,1H3,(H2,13,17)(H2,12,14,15). The predicted octanol–water partition coefficient (Wildman–Crippen LogP) is -0.958. The van der Waals surface area contributed by atoms with Gasteiger partial charge in [0.2, 0.25) is 0 Å². The normalized spacial score (nSPS) is 11.1. The molecule has 0 fully saturated rings. The molecular weight excluding hydrogens is 329 g/mol. The van der Waals surface area contributed by atoms with Crippen molar-refractivity contribution >= 4 is 41.1 Å². The van der Waals surface area contributed by atoms with Crippen molar-refractivity contribution in [3.63, 3.8) is 0 Å². The van der Waals surface area contributed by atoms with Gasteiger partial charge in [-0.15, -0.1) is 0 Å². The van der Waals surface area contributed by atoms with Crippen LogP contribution in [-0.2, 0) is 16.2 Å². The first-order chi connectivity index (χ1) is 9.63. The van der Waals surface area contributed by atoms with Crippen LogP contribution < -0.4 is 15.9 Å². The summed E-state index contributed by atoms with van der Waals surface area (Å²) in [5.41, 5.74) is 11.8. The zero-order valence-corrected chi connectivity index (χ0v) is 12.6. The van der Waals surface area contributed by atoms with Crippen LogP contribution in [-0.4, -0.2) is 54.6 Å². The second-order valence-electron chi connectivity index (χ2n) is 3.87. The van der Waals surface area contributed by atoms with Crippen LogP contribution in [0.5, 0.6) is 0 Å². The second kappa shape index (κ2) is 6.67. The van der Waals surface area contributed by atoms with Crippen LogP contribution in [0.4, 0.5) is 10.6 Å². The number of fused-ring (bicyclic) bond motifs is 1. The van der Waals surface area contributed by atoms with Gasteiger partial charge < -0.3 is 0 Å². The molecule has 0 saturated heterocycles. The van der Waals surface area contributed by atoms with Crippen LogP contribution in [0.3, 0.4) is 0 Å². The zero-order valence-electron chi connectivity index (χ0n) is 10.9. The van der Waals surface area contributed by atoms with Crippen LogP contribution >= 0.6 is 0 Å². The second-order valence-corrected chi connectivity index (χ2v) is 6.07. The van der Waals surface area contributed by atoms with E-state index < -0.39 is 15.0 Å². The number of methoxy groups -OCH3 is 1. The fourth-order valence-corrected chi connectivity index (χ4v) is 3.16. The molecule has 0 saturated carbocycles. The summed E-state index contributed by atoms with van der Waals surface area (Å²) in [6.45, 7) is 1.27. The number of nitrogens with zero attached hydrogens (tertiary/aromatic N) is 3. The van der Waals surface area contributed by atoms with E-state index in [2.05, 4.69) is 9.97 Å². The Morgan fingerprint density at radius 1 is 1.45 bits per heavy atom. The van der Waals surface area contributed by atoms with Gasteiger partial charge in [-0.3, -0.25) is 0 Å². The minimum absolute atomic E-state index is 0.297. The van der Waals surface area contributed by atoms with Crippen LogP contribution in [0.2, 0.25) is 0 Å². The van der Waals surface area contributed by atoms with Gasteiger partial charge in [0.25, 0.3) is 0 Å². The quantitative estimate of drug-likeness (QED) is 0.493. The number of amides is 1. The summed E-state index contributed by atoms with van der Waals surface area (Å²) >= 11 is -0.519. The minimum atomic E-state index is -0.519. The van der Waals surface area contributed by atoms with E-state index in [0.717, 1.165) is 4.46 Å². The molecule has 2 rings (SSSR count). The summed E-state index contributed by atoms with van der Waals surface area (Å²) in [7, 11) is 1.61. The van der Waals surface area contributed by atoms with Gasteiger partial charge >= 0.3 is 121 Å². The van der Waals surface area contributed by atoms with Crippen molar-refractivity contribution in [1.82, 2.24) is 14.5 Å². The molecule has 8 nitrogen and oxygen atoms in total. The summed E-state index contributed by atoms with van der Waals surface area (Å²) in [5, 5.41) is 0.668. The van der Waals surface area contributed by atoms with Gasteiger partial charge in [0.1, 0.15) is 0 Å². The van der Waals surface area contributed by atoms with E-state index in [-0.39, 0.29) is 4.81 Å². The molecule has 4 N–H and O–H groups in total. The van der Waals surface area contributed by atoms with Gasteiger partial charge in [-0.1, -0.05) is 0 Å². The van der Waals surface area contributed by atoms with E-state index >= 15 is 0 Å². The number of rotatable bonds is 7. The van der Waals surface area contributed by atoms with Gasteiger partial charge in [0, 0.05) is 0 Å². The molecule has 108 valence electrons. The third-order valence-corrected chi connectivity index (χ3v) is 4.05. The number of nitrogen functional groups attached to an aromatic ring is 1. The molecule has 0 atom stereocenters. The molecule has 1 amide bonds. The molecule has 2 aromatic rings. The average Bonchev–Trinajstić information content (AvgIpc) is 2.74. The van der Waals surface area contributed by atoms with Gasteiger partial charge in [0.05, 0.1) is 0 Å². The Hall–Kier alpha value is -1.67. The maximum absolute atomic E-state index is 11.1. The fourth-order valence-electron chi connectivity index (χ4n) is 1.70. The molecule has 0 spiro atoms. The molecule has 9 heteroatoms. The monoisotopic (exact) mass is 345 g/mol. The molecule has 0 radical (unpaired) electrons. The first-order valence-corrected chi connectivity index (χ1v) is 7.48. The Bertz CT molecular complexity index is 615. The number of aromatic nitrogens is 3. The molecule has 0 unspecified atom stereocenters. The van der Waals surface area contributed by atoms with Crippen LogP contribution in [0, 0.1) is 0 Å². The van der Waals surface area contributed by atoms with E-state index in [9.17, 15) is 4.79 Å². The Morgan fingerprint density at radius 2 is 2.25 bits per heavy atom. The topological polar surface area (TPSA) is 118 Å². The first-order valence-electron chi connectivity index (χ1n) is 5.76. The average molecular weight is 344 g/mol. The van der Waals surface area contributed by atoms with E-state index in [4.69, 9.17) is 20.9 Å². The molecule has 0 aliphatic rings. The molecule has 2 aromatic heterocycles. The number of nitrogens with two attached hydrogens (primary N) is 2. The van der Waals surface area contributed by atoms with Gasteiger partial charge in [-0.2, -0.15) is 0 Å². The van der Waals surface area contributed by atoms with E-state index in [1.807, 2.05) is 0 Å². The summed E-state index contributed by atoms with van der Waals surface area (Å²) < 4.78 is 12.9. The number of hydrogen-bond donors (Lipinski definition) is 2. The van der Waals surface area contributed by atoms with Crippen LogP contribution in [0.15, 0.2) is 12.5 Å². The number of ether oxygens (including phenoxy) is 2. The Balaban J connectivity index is 2.30. The Kier molecular flexibility index (Phi) is 4.91. The first kappa shape index (κ1) is 14.7. The summed E-state index contributed by atoms with van der Waals surface area (Å²) in [4.78, 5) is 18.9. The van der Waals surface area contributed by atoms with E-state index in [1.54, 1.807) is 17.9 Å². The molecule has 0 aromatic carbocycles. The van der Waals surface area contributed by atoms with Gasteiger partial charge in [0.15, 0.2) is 0 Å². The number of carbonyl (C=O) groups excluding carboxylic acids is 1. The summed E-state index contributed by atoms with van der Waals surface area (Å²) in [6, 6.07) is 0.